The lowest BCUT2D eigenvalue weighted by molar-refractivity contribution is -0.151. The SMILES string of the molecule is CC(=O)N[C@@](F)(Cc1ccccc1)C(=O)N1CCC(Cc2cccc3ncccc23)CC1. The average molecular weight is 434 g/mol. The molecule has 6 heteroatoms. The summed E-state index contributed by atoms with van der Waals surface area (Å²) in [6.45, 7) is 2.19. The van der Waals surface area contributed by atoms with E-state index in [1.165, 1.54) is 12.5 Å². The maximum Gasteiger partial charge on any atom is 0.281 e. The van der Waals surface area contributed by atoms with E-state index in [1.54, 1.807) is 35.4 Å². The number of carbonyl (C=O) groups excluding carboxylic acids is 2. The van der Waals surface area contributed by atoms with E-state index in [2.05, 4.69) is 22.4 Å². The summed E-state index contributed by atoms with van der Waals surface area (Å²) in [7, 11) is 0. The number of piperidine rings is 1. The van der Waals surface area contributed by atoms with Gasteiger partial charge in [0.05, 0.1) is 5.52 Å². The van der Waals surface area contributed by atoms with Crippen molar-refractivity contribution in [1.29, 1.82) is 0 Å². The molecule has 1 aliphatic heterocycles. The molecule has 1 N–H and O–H groups in total. The Balaban J connectivity index is 1.42. The Labute approximate surface area is 187 Å². The van der Waals surface area contributed by atoms with Crippen molar-refractivity contribution in [3.8, 4) is 0 Å². The van der Waals surface area contributed by atoms with Crippen molar-refractivity contribution in [2.24, 2.45) is 5.92 Å². The van der Waals surface area contributed by atoms with E-state index >= 15 is 4.39 Å². The summed E-state index contributed by atoms with van der Waals surface area (Å²) in [5, 5.41) is 3.43. The fourth-order valence-electron chi connectivity index (χ4n) is 4.58. The molecule has 3 aromatic rings. The lowest BCUT2D eigenvalue weighted by Crippen LogP contribution is -2.59. The molecule has 1 aromatic heterocycles. The van der Waals surface area contributed by atoms with Crippen molar-refractivity contribution in [2.75, 3.05) is 13.1 Å². The Bertz CT molecular complexity index is 1090. The number of pyridine rings is 1. The largest absolute Gasteiger partial charge is 0.338 e. The maximum absolute atomic E-state index is 15.8. The van der Waals surface area contributed by atoms with Crippen LogP contribution in [0.3, 0.4) is 0 Å². The maximum atomic E-state index is 15.8. The van der Waals surface area contributed by atoms with E-state index < -0.39 is 17.6 Å². The van der Waals surface area contributed by atoms with E-state index in [9.17, 15) is 9.59 Å². The number of aromatic nitrogens is 1. The molecule has 0 unspecified atom stereocenters. The van der Waals surface area contributed by atoms with Crippen LogP contribution in [0.25, 0.3) is 10.9 Å². The zero-order valence-electron chi connectivity index (χ0n) is 18.3. The van der Waals surface area contributed by atoms with Crippen LogP contribution in [0.4, 0.5) is 4.39 Å². The summed E-state index contributed by atoms with van der Waals surface area (Å²) in [5.41, 5.74) is 2.90. The predicted molar refractivity (Wildman–Crippen MR) is 123 cm³/mol. The normalized spacial score (nSPS) is 16.5. The standard InChI is InChI=1S/C26H28FN3O2/c1-19(31)29-26(27,18-21-7-3-2-4-8-21)25(32)30-15-12-20(13-16-30)17-22-9-5-11-24-23(22)10-6-14-28-24/h2-11,14,20H,12-13,15-18H2,1H3,(H,29,31)/t26-/m0/s1. The van der Waals surface area contributed by atoms with E-state index in [-0.39, 0.29) is 6.42 Å². The number of nitrogens with zero attached hydrogens (tertiary/aromatic N) is 2. The number of amides is 2. The monoisotopic (exact) mass is 433 g/mol. The fraction of sp³-hybridized carbons (Fsp3) is 0.346. The Kier molecular flexibility index (Phi) is 6.49. The van der Waals surface area contributed by atoms with Crippen LogP contribution in [0.2, 0.25) is 0 Å². The topological polar surface area (TPSA) is 62.3 Å². The van der Waals surface area contributed by atoms with E-state index in [0.717, 1.165) is 30.2 Å². The summed E-state index contributed by atoms with van der Waals surface area (Å²) in [6.07, 6.45) is 4.11. The molecule has 2 amide bonds. The highest BCUT2D eigenvalue weighted by Crippen LogP contribution is 2.28. The number of benzene rings is 2. The Morgan fingerprint density at radius 3 is 2.53 bits per heavy atom. The van der Waals surface area contributed by atoms with Crippen molar-refractivity contribution < 1.29 is 14.0 Å². The molecule has 32 heavy (non-hydrogen) atoms. The van der Waals surface area contributed by atoms with Crippen molar-refractivity contribution in [3.63, 3.8) is 0 Å². The minimum atomic E-state index is -2.44. The van der Waals surface area contributed by atoms with Gasteiger partial charge in [-0.1, -0.05) is 48.5 Å². The first kappa shape index (κ1) is 21.9. The highest BCUT2D eigenvalue weighted by Gasteiger charge is 2.43. The van der Waals surface area contributed by atoms with Crippen molar-refractivity contribution in [1.82, 2.24) is 15.2 Å². The van der Waals surface area contributed by atoms with Gasteiger partial charge in [0.2, 0.25) is 5.91 Å². The Morgan fingerprint density at radius 1 is 1.06 bits per heavy atom. The molecule has 4 rings (SSSR count). The van der Waals surface area contributed by atoms with Crippen LogP contribution in [0, 0.1) is 5.92 Å². The van der Waals surface area contributed by atoms with Crippen LogP contribution in [0.1, 0.15) is 30.9 Å². The number of likely N-dealkylation sites (tertiary alicyclic amines) is 1. The average Bonchev–Trinajstić information content (AvgIpc) is 2.79. The molecule has 2 aromatic carbocycles. The van der Waals surface area contributed by atoms with Gasteiger partial charge in [-0.05, 0) is 48.4 Å². The van der Waals surface area contributed by atoms with Crippen LogP contribution < -0.4 is 5.32 Å². The summed E-state index contributed by atoms with van der Waals surface area (Å²) >= 11 is 0. The third-order valence-corrected chi connectivity index (χ3v) is 6.15. The molecule has 0 saturated carbocycles. The number of nitrogens with one attached hydrogen (secondary N) is 1. The number of hydrogen-bond donors (Lipinski definition) is 1. The van der Waals surface area contributed by atoms with Gasteiger partial charge in [-0.15, -0.1) is 0 Å². The van der Waals surface area contributed by atoms with Crippen molar-refractivity contribution in [2.45, 2.75) is 38.4 Å². The highest BCUT2D eigenvalue weighted by molar-refractivity contribution is 5.90. The predicted octanol–water partition coefficient (Wildman–Crippen LogP) is 4.06. The molecule has 0 aliphatic carbocycles. The number of hydrogen-bond acceptors (Lipinski definition) is 3. The first-order valence-corrected chi connectivity index (χ1v) is 11.1. The van der Waals surface area contributed by atoms with Gasteiger partial charge in [0.1, 0.15) is 0 Å². The third-order valence-electron chi connectivity index (χ3n) is 6.15. The quantitative estimate of drug-likeness (QED) is 0.597. The number of rotatable bonds is 6. The zero-order chi connectivity index (χ0) is 22.6. The van der Waals surface area contributed by atoms with Crippen LogP contribution in [-0.4, -0.2) is 40.6 Å². The smallest absolute Gasteiger partial charge is 0.281 e. The van der Waals surface area contributed by atoms with Crippen LogP contribution in [0.5, 0.6) is 0 Å². The van der Waals surface area contributed by atoms with Gasteiger partial charge in [0.25, 0.3) is 11.7 Å². The van der Waals surface area contributed by atoms with Gasteiger partial charge in [-0.25, -0.2) is 4.39 Å². The molecule has 0 bridgehead atoms. The molecule has 0 radical (unpaired) electrons. The fourth-order valence-corrected chi connectivity index (χ4v) is 4.58. The van der Waals surface area contributed by atoms with Gasteiger partial charge >= 0.3 is 0 Å². The number of halogens is 1. The molecule has 1 saturated heterocycles. The van der Waals surface area contributed by atoms with Gasteiger partial charge in [-0.3, -0.25) is 14.6 Å². The molecule has 1 aliphatic rings. The van der Waals surface area contributed by atoms with Gasteiger partial charge in [-0.2, -0.15) is 0 Å². The van der Waals surface area contributed by atoms with Crippen LogP contribution in [-0.2, 0) is 22.4 Å². The molecule has 166 valence electrons. The Morgan fingerprint density at radius 2 is 1.81 bits per heavy atom. The van der Waals surface area contributed by atoms with E-state index in [4.69, 9.17) is 0 Å². The first-order valence-electron chi connectivity index (χ1n) is 11.1. The van der Waals surface area contributed by atoms with Gasteiger partial charge in [0, 0.05) is 38.0 Å². The second kappa shape index (κ2) is 9.47. The minimum Gasteiger partial charge on any atom is -0.338 e. The molecule has 0 spiro atoms. The second-order valence-electron chi connectivity index (χ2n) is 8.57. The minimum absolute atomic E-state index is 0.185. The summed E-state index contributed by atoms with van der Waals surface area (Å²) in [5.74, 6) is -3.25. The number of alkyl halides is 1. The van der Waals surface area contributed by atoms with E-state index in [0.29, 0.717) is 24.6 Å². The van der Waals surface area contributed by atoms with Crippen LogP contribution in [0.15, 0.2) is 66.9 Å². The summed E-state index contributed by atoms with van der Waals surface area (Å²) in [6, 6.07) is 19.1. The molecular formula is C26H28FN3O2. The first-order chi connectivity index (χ1) is 15.4. The summed E-state index contributed by atoms with van der Waals surface area (Å²) in [4.78, 5) is 30.8. The lowest BCUT2D eigenvalue weighted by Gasteiger charge is -2.36. The zero-order valence-corrected chi connectivity index (χ0v) is 18.3. The molecular weight excluding hydrogens is 405 g/mol. The molecule has 1 atom stereocenters. The molecule has 2 heterocycles. The van der Waals surface area contributed by atoms with Crippen LogP contribution >= 0.6 is 0 Å². The van der Waals surface area contributed by atoms with Crippen molar-refractivity contribution in [3.05, 3.63) is 78.0 Å². The summed E-state index contributed by atoms with van der Waals surface area (Å²) < 4.78 is 15.8. The highest BCUT2D eigenvalue weighted by atomic mass is 19.1. The lowest BCUT2D eigenvalue weighted by atomic mass is 9.88. The van der Waals surface area contributed by atoms with Gasteiger partial charge in [0.15, 0.2) is 0 Å². The van der Waals surface area contributed by atoms with Crippen molar-refractivity contribution >= 4 is 22.7 Å². The number of carbonyl (C=O) groups is 2. The third kappa shape index (κ3) is 4.96. The Hall–Kier alpha value is -3.28. The second-order valence-corrected chi connectivity index (χ2v) is 8.57. The number of fused-ring (bicyclic) bond motifs is 1. The molecule has 5 nitrogen and oxygen atoms in total. The van der Waals surface area contributed by atoms with Gasteiger partial charge < -0.3 is 10.2 Å². The van der Waals surface area contributed by atoms with E-state index in [1.807, 2.05) is 24.3 Å². The molecule has 1 fully saturated rings.